The molecule has 0 bridgehead atoms. The highest BCUT2D eigenvalue weighted by atomic mass is 32.2. The van der Waals surface area contributed by atoms with Gasteiger partial charge in [-0.3, -0.25) is 9.35 Å². The lowest BCUT2D eigenvalue weighted by Gasteiger charge is -2.07. The molecule has 0 aliphatic heterocycles. The van der Waals surface area contributed by atoms with Crippen LogP contribution < -0.4 is 11.5 Å². The van der Waals surface area contributed by atoms with E-state index >= 15 is 0 Å². The molecule has 1 aliphatic rings. The zero-order valence-electron chi connectivity index (χ0n) is 14.1. The van der Waals surface area contributed by atoms with Crippen LogP contribution in [0, 0.1) is 0 Å². The number of guanidine groups is 1. The molecule has 1 amide bonds. The number of carbonyl (C=O) groups is 1. The number of fused-ring (bicyclic) bond motifs is 1. The summed E-state index contributed by atoms with van der Waals surface area (Å²) in [5.41, 5.74) is 15.6. The molecule has 26 heavy (non-hydrogen) atoms. The summed E-state index contributed by atoms with van der Waals surface area (Å²) in [6, 6.07) is 15.6. The summed E-state index contributed by atoms with van der Waals surface area (Å²) in [6.45, 7) is 0. The number of aliphatic imine (C=N–C) groups is 1. The molecule has 0 radical (unpaired) electrons. The molecular weight excluding hydrogens is 354 g/mol. The van der Waals surface area contributed by atoms with Crippen molar-refractivity contribution in [3.63, 3.8) is 0 Å². The van der Waals surface area contributed by atoms with Gasteiger partial charge in [-0.15, -0.1) is 0 Å². The minimum atomic E-state index is -3.67. The topological polar surface area (TPSA) is 136 Å². The molecule has 0 saturated heterocycles. The smallest absolute Gasteiger partial charge is 0.280 e. The summed E-state index contributed by atoms with van der Waals surface area (Å²) >= 11 is 0. The van der Waals surface area contributed by atoms with Gasteiger partial charge in [-0.25, -0.2) is 0 Å². The van der Waals surface area contributed by atoms with Gasteiger partial charge in [0.1, 0.15) is 0 Å². The first kappa shape index (κ1) is 19.4. The Morgan fingerprint density at radius 3 is 2.42 bits per heavy atom. The molecule has 8 heteroatoms. The lowest BCUT2D eigenvalue weighted by Crippen LogP contribution is -2.24. The zero-order valence-corrected chi connectivity index (χ0v) is 14.9. The predicted molar refractivity (Wildman–Crippen MR) is 101 cm³/mol. The molecule has 0 spiro atoms. The largest absolute Gasteiger partial charge is 0.370 e. The number of nitrogens with two attached hydrogens (primary N) is 2. The number of hydrogen-bond donors (Lipinski definition) is 3. The maximum Gasteiger partial charge on any atom is 0.280 e. The number of nitrogens with zero attached hydrogens (tertiary/aromatic N) is 1. The van der Waals surface area contributed by atoms with Gasteiger partial charge in [0.15, 0.2) is 5.96 Å². The average Bonchev–Trinajstić information content (AvgIpc) is 2.97. The van der Waals surface area contributed by atoms with Crippen molar-refractivity contribution in [3.05, 3.63) is 76.9 Å². The summed E-state index contributed by atoms with van der Waals surface area (Å²) in [4.78, 5) is 15.5. The summed E-state index contributed by atoms with van der Waals surface area (Å²) in [5, 5.41) is 0. The Morgan fingerprint density at radius 1 is 1.12 bits per heavy atom. The predicted octanol–water partition coefficient (Wildman–Crippen LogP) is 1.59. The third kappa shape index (κ3) is 5.54. The minimum Gasteiger partial charge on any atom is -0.370 e. The van der Waals surface area contributed by atoms with Crippen molar-refractivity contribution >= 4 is 27.6 Å². The van der Waals surface area contributed by atoms with Gasteiger partial charge < -0.3 is 11.5 Å². The lowest BCUT2D eigenvalue weighted by atomic mass is 9.98. The number of rotatable bonds is 2. The number of allylic oxidation sites excluding steroid dienone is 1. The van der Waals surface area contributed by atoms with E-state index in [1.54, 1.807) is 6.07 Å². The Kier molecular flexibility index (Phi) is 5.91. The highest BCUT2D eigenvalue weighted by molar-refractivity contribution is 7.85. The SMILES string of the molecule is CS(=O)(=O)O.NC(N)=NC(=O)c1cccc(C2=CCc3ccccc32)c1. The monoisotopic (exact) mass is 373 g/mol. The van der Waals surface area contributed by atoms with Gasteiger partial charge in [0.2, 0.25) is 0 Å². The third-order valence-corrected chi connectivity index (χ3v) is 3.48. The summed E-state index contributed by atoms with van der Waals surface area (Å²) in [6.07, 6.45) is 3.80. The Hall–Kier alpha value is -2.97. The van der Waals surface area contributed by atoms with Gasteiger partial charge in [-0.1, -0.05) is 42.5 Å². The molecule has 0 saturated carbocycles. The van der Waals surface area contributed by atoms with E-state index in [-0.39, 0.29) is 5.96 Å². The first-order valence-electron chi connectivity index (χ1n) is 7.60. The fourth-order valence-electron chi connectivity index (χ4n) is 2.56. The van der Waals surface area contributed by atoms with E-state index < -0.39 is 16.0 Å². The summed E-state index contributed by atoms with van der Waals surface area (Å²) < 4.78 is 25.9. The second kappa shape index (κ2) is 7.94. The summed E-state index contributed by atoms with van der Waals surface area (Å²) in [7, 11) is -3.67. The van der Waals surface area contributed by atoms with E-state index in [9.17, 15) is 13.2 Å². The fourth-order valence-corrected chi connectivity index (χ4v) is 2.56. The van der Waals surface area contributed by atoms with Crippen LogP contribution in [0.2, 0.25) is 0 Å². The number of carbonyl (C=O) groups excluding carboxylic acids is 1. The first-order chi connectivity index (χ1) is 12.1. The van der Waals surface area contributed by atoms with E-state index in [1.807, 2.05) is 30.3 Å². The second-order valence-electron chi connectivity index (χ2n) is 5.63. The first-order valence-corrected chi connectivity index (χ1v) is 9.45. The molecule has 2 aromatic carbocycles. The van der Waals surface area contributed by atoms with Crippen LogP contribution in [0.5, 0.6) is 0 Å². The molecule has 0 aromatic heterocycles. The second-order valence-corrected chi connectivity index (χ2v) is 7.10. The molecule has 0 fully saturated rings. The van der Waals surface area contributed by atoms with Crippen LogP contribution in [0.15, 0.2) is 59.6 Å². The van der Waals surface area contributed by atoms with Gasteiger partial charge in [0.25, 0.3) is 16.0 Å². The molecule has 1 aliphatic carbocycles. The van der Waals surface area contributed by atoms with Gasteiger partial charge >= 0.3 is 0 Å². The Bertz CT molecular complexity index is 983. The van der Waals surface area contributed by atoms with Gasteiger partial charge in [-0.05, 0) is 40.8 Å². The lowest BCUT2D eigenvalue weighted by molar-refractivity contribution is 0.100. The molecule has 2 aromatic rings. The Labute approximate surface area is 151 Å². The van der Waals surface area contributed by atoms with Crippen LogP contribution in [-0.2, 0) is 16.5 Å². The summed E-state index contributed by atoms with van der Waals surface area (Å²) in [5.74, 6) is -0.653. The van der Waals surface area contributed by atoms with E-state index in [0.717, 1.165) is 17.6 Å². The fraction of sp³-hybridized carbons (Fsp3) is 0.111. The van der Waals surface area contributed by atoms with Crippen LogP contribution in [0.1, 0.15) is 27.0 Å². The number of amides is 1. The number of hydrogen-bond acceptors (Lipinski definition) is 3. The zero-order chi connectivity index (χ0) is 19.3. The molecule has 136 valence electrons. The molecular formula is C18H19N3O4S. The molecule has 0 heterocycles. The van der Waals surface area contributed by atoms with Gasteiger partial charge in [0, 0.05) is 5.56 Å². The maximum atomic E-state index is 11.9. The van der Waals surface area contributed by atoms with Gasteiger partial charge in [0.05, 0.1) is 6.26 Å². The van der Waals surface area contributed by atoms with Crippen molar-refractivity contribution in [2.75, 3.05) is 6.26 Å². The molecule has 3 rings (SSSR count). The Morgan fingerprint density at radius 2 is 1.77 bits per heavy atom. The van der Waals surface area contributed by atoms with Crippen molar-refractivity contribution in [2.24, 2.45) is 16.5 Å². The highest BCUT2D eigenvalue weighted by Gasteiger charge is 2.16. The van der Waals surface area contributed by atoms with Crippen LogP contribution in [0.4, 0.5) is 0 Å². The minimum absolute atomic E-state index is 0.226. The number of benzene rings is 2. The molecule has 7 nitrogen and oxygen atoms in total. The van der Waals surface area contributed by atoms with E-state index in [4.69, 9.17) is 16.0 Å². The maximum absolute atomic E-state index is 11.9. The van der Waals surface area contributed by atoms with Gasteiger partial charge in [-0.2, -0.15) is 13.4 Å². The van der Waals surface area contributed by atoms with E-state index in [0.29, 0.717) is 11.8 Å². The van der Waals surface area contributed by atoms with E-state index in [2.05, 4.69) is 23.2 Å². The van der Waals surface area contributed by atoms with Crippen LogP contribution in [0.3, 0.4) is 0 Å². The molecule has 5 N–H and O–H groups in total. The molecule has 0 atom stereocenters. The third-order valence-electron chi connectivity index (χ3n) is 3.48. The van der Waals surface area contributed by atoms with Crippen molar-refractivity contribution in [1.29, 1.82) is 0 Å². The van der Waals surface area contributed by atoms with Crippen molar-refractivity contribution in [3.8, 4) is 0 Å². The van der Waals surface area contributed by atoms with Crippen LogP contribution in [0.25, 0.3) is 5.57 Å². The normalized spacial score (nSPS) is 12.3. The van der Waals surface area contributed by atoms with Crippen molar-refractivity contribution in [2.45, 2.75) is 6.42 Å². The van der Waals surface area contributed by atoms with Crippen LogP contribution in [-0.4, -0.2) is 31.1 Å². The van der Waals surface area contributed by atoms with E-state index in [1.165, 1.54) is 11.1 Å². The van der Waals surface area contributed by atoms with Crippen molar-refractivity contribution < 1.29 is 17.8 Å². The average molecular weight is 373 g/mol. The van der Waals surface area contributed by atoms with Crippen molar-refractivity contribution in [1.82, 2.24) is 0 Å². The highest BCUT2D eigenvalue weighted by Crippen LogP contribution is 2.32. The Balaban J connectivity index is 0.000000431. The standard InChI is InChI=1S/C17H15N3O.CH4O3S/c18-17(19)20-16(21)13-6-3-5-12(10-13)15-9-8-11-4-1-2-7-14(11)15;1-5(2,3)4/h1-7,9-10H,8H2,(H4,18,19,20,21);1H3,(H,2,3,4). The van der Waals surface area contributed by atoms with Crippen LogP contribution >= 0.6 is 0 Å². The quantitative estimate of drug-likeness (QED) is 0.415. The molecule has 0 unspecified atom stereocenters.